The number of benzene rings is 3. The molecule has 3 aromatic carbocycles. The average Bonchev–Trinajstić information content (AvgIpc) is 3.22. The molecule has 340 valence electrons. The minimum absolute atomic E-state index is 0.0212. The minimum Gasteiger partial charge on any atom is -0.544 e. The van der Waals surface area contributed by atoms with Crippen LogP contribution in [0, 0.1) is 0 Å². The van der Waals surface area contributed by atoms with Crippen molar-refractivity contribution in [2.75, 3.05) is 102 Å². The molecular weight excluding hydrogens is 847 g/mol. The smallest absolute Gasteiger partial charge is 0.323 e. The Kier molecular flexibility index (Phi) is 20.1. The van der Waals surface area contributed by atoms with Crippen LogP contribution in [0.2, 0.25) is 10.0 Å². The van der Waals surface area contributed by atoms with Crippen molar-refractivity contribution in [1.29, 1.82) is 0 Å². The van der Waals surface area contributed by atoms with Gasteiger partial charge in [0, 0.05) is 60.1 Å². The maximum absolute atomic E-state index is 14.4. The highest BCUT2D eigenvalue weighted by atomic mass is 35.5. The molecule has 0 aromatic heterocycles. The van der Waals surface area contributed by atoms with Crippen molar-refractivity contribution in [1.82, 2.24) is 10.2 Å². The van der Waals surface area contributed by atoms with Crippen molar-refractivity contribution < 1.29 is 58.4 Å². The molecule has 19 heteroatoms. The first-order valence-corrected chi connectivity index (χ1v) is 21.0. The maximum atomic E-state index is 14.4. The zero-order valence-corrected chi connectivity index (χ0v) is 37.2. The maximum Gasteiger partial charge on any atom is 0.323 e. The monoisotopic (exact) mass is 904 g/mol. The second-order valence-corrected chi connectivity index (χ2v) is 16.1. The van der Waals surface area contributed by atoms with E-state index in [1.54, 1.807) is 36.4 Å². The molecule has 0 aliphatic carbocycles. The summed E-state index contributed by atoms with van der Waals surface area (Å²) < 4.78 is 34.7. The van der Waals surface area contributed by atoms with Crippen molar-refractivity contribution in [2.24, 2.45) is 0 Å². The van der Waals surface area contributed by atoms with Crippen molar-refractivity contribution in [3.63, 3.8) is 0 Å². The number of ether oxygens (including phenoxy) is 6. The van der Waals surface area contributed by atoms with E-state index in [1.807, 2.05) is 32.0 Å². The molecule has 0 bridgehead atoms. The molecule has 0 saturated carbocycles. The molecule has 4 amide bonds. The van der Waals surface area contributed by atoms with Crippen molar-refractivity contribution in [3.05, 3.63) is 81.8 Å². The number of anilines is 3. The van der Waals surface area contributed by atoms with E-state index in [1.165, 1.54) is 20.0 Å². The molecule has 2 atom stereocenters. The van der Waals surface area contributed by atoms with Gasteiger partial charge < -0.3 is 65.3 Å². The number of hydrogen-bond donors (Lipinski definition) is 5. The number of nitrogens with one attached hydrogen (secondary N) is 4. The molecule has 5 rings (SSSR count). The van der Waals surface area contributed by atoms with E-state index in [4.69, 9.17) is 51.6 Å². The van der Waals surface area contributed by atoms with Crippen LogP contribution in [-0.4, -0.2) is 127 Å². The number of carboxylic acids is 1. The van der Waals surface area contributed by atoms with Gasteiger partial charge >= 0.3 is 6.03 Å². The first-order chi connectivity index (χ1) is 29.6. The highest BCUT2D eigenvalue weighted by Gasteiger charge is 2.56. The van der Waals surface area contributed by atoms with Gasteiger partial charge in [-0.3, -0.25) is 14.5 Å². The number of carbonyl (C=O) groups is 4. The number of quaternary nitrogens is 1. The second kappa shape index (κ2) is 24.9. The lowest BCUT2D eigenvalue weighted by Crippen LogP contribution is -2.66. The van der Waals surface area contributed by atoms with Crippen molar-refractivity contribution >= 4 is 64.1 Å². The highest BCUT2D eigenvalue weighted by molar-refractivity contribution is 6.31. The number of rotatable bonds is 8. The Hall–Kier alpha value is -4.56. The Balaban J connectivity index is 0.00000131. The largest absolute Gasteiger partial charge is 0.544 e. The Morgan fingerprint density at radius 1 is 0.742 bits per heavy atom. The van der Waals surface area contributed by atoms with Gasteiger partial charge in [0.25, 0.3) is 17.4 Å². The van der Waals surface area contributed by atoms with E-state index in [-0.39, 0.29) is 17.9 Å². The lowest BCUT2D eigenvalue weighted by molar-refractivity contribution is -0.432. The number of halogens is 2. The van der Waals surface area contributed by atoms with Crippen LogP contribution in [-0.2, 0) is 50.0 Å². The van der Waals surface area contributed by atoms with Gasteiger partial charge in [0.2, 0.25) is 0 Å². The summed E-state index contributed by atoms with van der Waals surface area (Å²) in [6.07, 6.45) is -0.0212. The molecule has 2 heterocycles. The summed E-state index contributed by atoms with van der Waals surface area (Å²) in [5, 5.41) is 21.5. The SMILES string of the molecule is CNC(=O)[C@]1(C(=O)Nc2cccc(CN3CCOCCOCCOCCOCCOCC3)c2)CC(C)(C)c2cc(Cl)cc(NC(=O)Nc3ccc(Cl)cc3)c2O1.C[C@H]([NH3+])C(=O)[O-]. The number of fused-ring (bicyclic) bond motifs is 1. The quantitative estimate of drug-likeness (QED) is 0.206. The summed E-state index contributed by atoms with van der Waals surface area (Å²) in [7, 11) is 1.44. The van der Waals surface area contributed by atoms with Gasteiger partial charge in [-0.2, -0.15) is 0 Å². The van der Waals surface area contributed by atoms with E-state index in [0.29, 0.717) is 113 Å². The molecule has 0 spiro atoms. The standard InChI is InChI=1S/C40H51Cl2N5O9.C3H7NO2/c1-39(2)27-40(36(48)43-3,56-35-33(39)24-30(42)25-34(35)46-38(50)45-31-9-7-29(41)8-10-31)37(49)44-32-6-4-5-28(23-32)26-47-11-13-51-15-17-53-19-21-55-22-20-54-18-16-52-14-12-47;1-2(4)3(5)6/h4-10,23-25H,11-22,26-27H2,1-3H3,(H,43,48)(H,44,49)(H2,45,46,50);2H,4H2,1H3,(H,5,6)/t40-;2-/m00/s1. The summed E-state index contributed by atoms with van der Waals surface area (Å²) in [4.78, 5) is 53.1. The Morgan fingerprint density at radius 3 is 1.82 bits per heavy atom. The van der Waals surface area contributed by atoms with Gasteiger partial charge in [0.15, 0.2) is 0 Å². The van der Waals surface area contributed by atoms with Crippen LogP contribution in [0.4, 0.5) is 21.9 Å². The van der Waals surface area contributed by atoms with Crippen LogP contribution in [0.15, 0.2) is 60.7 Å². The fourth-order valence-corrected chi connectivity index (χ4v) is 6.82. The van der Waals surface area contributed by atoms with Crippen molar-refractivity contribution in [2.45, 2.75) is 50.8 Å². The number of amides is 4. The first-order valence-electron chi connectivity index (χ1n) is 20.3. The van der Waals surface area contributed by atoms with E-state index in [0.717, 1.165) is 5.56 Å². The molecule has 3 aromatic rings. The fraction of sp³-hybridized carbons (Fsp3) is 0.488. The molecule has 2 aliphatic heterocycles. The van der Waals surface area contributed by atoms with Crippen LogP contribution in [0.25, 0.3) is 0 Å². The average molecular weight is 906 g/mol. The number of carbonyl (C=O) groups excluding carboxylic acids is 4. The van der Waals surface area contributed by atoms with Gasteiger partial charge in [-0.15, -0.1) is 0 Å². The Bertz CT molecular complexity index is 1920. The van der Waals surface area contributed by atoms with Gasteiger partial charge in [-0.1, -0.05) is 49.2 Å². The molecule has 0 unspecified atom stereocenters. The number of hydrogen-bond acceptors (Lipinski definition) is 12. The van der Waals surface area contributed by atoms with Gasteiger partial charge in [-0.25, -0.2) is 4.79 Å². The predicted molar refractivity (Wildman–Crippen MR) is 232 cm³/mol. The number of carboxylic acid groups (broad SMARTS) is 1. The molecular formula is C43H58Cl2N6O11. The fourth-order valence-electron chi connectivity index (χ4n) is 6.48. The number of nitrogens with zero attached hydrogens (tertiary/aromatic N) is 1. The number of likely N-dealkylation sites (N-methyl/N-ethyl adjacent to an activating group) is 1. The van der Waals surface area contributed by atoms with E-state index in [2.05, 4.69) is 31.9 Å². The molecule has 62 heavy (non-hydrogen) atoms. The van der Waals surface area contributed by atoms with Crippen LogP contribution < -0.4 is 36.8 Å². The van der Waals surface area contributed by atoms with E-state index >= 15 is 0 Å². The summed E-state index contributed by atoms with van der Waals surface area (Å²) in [6.45, 7) is 11.9. The topological polar surface area (TPSA) is 226 Å². The normalized spacial score (nSPS) is 19.6. The second-order valence-electron chi connectivity index (χ2n) is 15.2. The van der Waals surface area contributed by atoms with Crippen molar-refractivity contribution in [3.8, 4) is 5.75 Å². The van der Waals surface area contributed by atoms with Gasteiger partial charge in [-0.05, 0) is 66.4 Å². The van der Waals surface area contributed by atoms with Gasteiger partial charge in [0.05, 0.1) is 77.7 Å². The third-order valence-corrected chi connectivity index (χ3v) is 10.1. The zero-order chi connectivity index (χ0) is 45.1. The minimum atomic E-state index is -2.02. The predicted octanol–water partition coefficient (Wildman–Crippen LogP) is 3.09. The summed E-state index contributed by atoms with van der Waals surface area (Å²) in [5.74, 6) is -2.27. The molecule has 1 fully saturated rings. The molecule has 2 aliphatic rings. The van der Waals surface area contributed by atoms with Crippen LogP contribution in [0.1, 0.15) is 38.3 Å². The summed E-state index contributed by atoms with van der Waals surface area (Å²) in [5.41, 5.74) is 3.07. The third-order valence-electron chi connectivity index (χ3n) is 9.65. The van der Waals surface area contributed by atoms with Crippen LogP contribution in [0.3, 0.4) is 0 Å². The van der Waals surface area contributed by atoms with Crippen LogP contribution in [0.5, 0.6) is 5.75 Å². The summed E-state index contributed by atoms with van der Waals surface area (Å²) in [6, 6.07) is 16.1. The summed E-state index contributed by atoms with van der Waals surface area (Å²) >= 11 is 12.5. The van der Waals surface area contributed by atoms with E-state index in [9.17, 15) is 24.3 Å². The lowest BCUT2D eigenvalue weighted by Gasteiger charge is -2.44. The number of aliphatic carboxylic acids is 1. The van der Waals surface area contributed by atoms with E-state index < -0.39 is 40.9 Å². The number of urea groups is 1. The van der Waals surface area contributed by atoms with Gasteiger partial charge in [0.1, 0.15) is 11.8 Å². The third kappa shape index (κ3) is 15.7. The van der Waals surface area contributed by atoms with Crippen LogP contribution >= 0.6 is 23.2 Å². The first kappa shape index (κ1) is 50.1. The molecule has 1 saturated heterocycles. The zero-order valence-electron chi connectivity index (χ0n) is 35.7. The Labute approximate surface area is 372 Å². The Morgan fingerprint density at radius 2 is 1.29 bits per heavy atom. The highest BCUT2D eigenvalue weighted by Crippen LogP contribution is 2.50. The molecule has 0 radical (unpaired) electrons. The molecule has 17 nitrogen and oxygen atoms in total. The lowest BCUT2D eigenvalue weighted by atomic mass is 9.71. The molecule has 7 N–H and O–H groups in total.